The number of carbonyl (C=O) groups is 6. The molecule has 7 heterocycles. The molecule has 5 unspecified atom stereocenters. The largest absolute Gasteiger partial charge is 0.508 e. The Balaban J connectivity index is 0.697. The van der Waals surface area contributed by atoms with Crippen molar-refractivity contribution in [2.24, 2.45) is 0 Å². The number of piperazine rings is 1. The van der Waals surface area contributed by atoms with E-state index in [4.69, 9.17) is 30.4 Å². The van der Waals surface area contributed by atoms with Gasteiger partial charge in [-0.1, -0.05) is 30.2 Å². The van der Waals surface area contributed by atoms with Crippen molar-refractivity contribution in [2.45, 2.75) is 81.1 Å². The summed E-state index contributed by atoms with van der Waals surface area (Å²) >= 11 is 0. The van der Waals surface area contributed by atoms with E-state index >= 15 is 8.78 Å². The van der Waals surface area contributed by atoms with Gasteiger partial charge in [0.2, 0.25) is 11.8 Å². The number of phenols is 1. The third-order valence-corrected chi connectivity index (χ3v) is 15.5. The van der Waals surface area contributed by atoms with E-state index < -0.39 is 47.0 Å². The lowest BCUT2D eigenvalue weighted by Gasteiger charge is -2.35. The van der Waals surface area contributed by atoms with Crippen LogP contribution < -0.4 is 30.9 Å². The Morgan fingerprint density at radius 1 is 1.00 bits per heavy atom. The molecule has 3 aromatic carbocycles. The second kappa shape index (κ2) is 23.7. The molecule has 5 aliphatic heterocycles. The number of imide groups is 1. The smallest absolute Gasteiger partial charge is 0.407 e. The Morgan fingerprint density at radius 2 is 1.79 bits per heavy atom. The van der Waals surface area contributed by atoms with E-state index in [1.54, 1.807) is 0 Å². The number of nitrogens with zero attached hydrogens (tertiary/aromatic N) is 6. The van der Waals surface area contributed by atoms with E-state index in [9.17, 15) is 33.9 Å². The highest BCUT2D eigenvalue weighted by Crippen LogP contribution is 2.45. The van der Waals surface area contributed by atoms with Crippen molar-refractivity contribution in [3.05, 3.63) is 89.1 Å². The molecule has 418 valence electrons. The van der Waals surface area contributed by atoms with Gasteiger partial charge in [0.25, 0.3) is 11.8 Å². The molecule has 0 radical (unpaired) electrons. The minimum absolute atomic E-state index is 0.0222. The van der Waals surface area contributed by atoms with Gasteiger partial charge in [-0.05, 0) is 74.2 Å². The van der Waals surface area contributed by atoms with E-state index in [1.807, 2.05) is 0 Å². The van der Waals surface area contributed by atoms with Gasteiger partial charge in [-0.3, -0.25) is 34.0 Å². The fourth-order valence-corrected chi connectivity index (χ4v) is 11.7. The van der Waals surface area contributed by atoms with Gasteiger partial charge in [0.15, 0.2) is 5.82 Å². The van der Waals surface area contributed by atoms with Crippen molar-refractivity contribution < 1.29 is 61.6 Å². The average Bonchev–Trinajstić information content (AvgIpc) is 4.19. The number of terminal acetylenes is 1. The maximum absolute atomic E-state index is 17.2. The van der Waals surface area contributed by atoms with Crippen molar-refractivity contribution in [1.29, 1.82) is 0 Å². The normalized spacial score (nSPS) is 20.7. The standard InChI is InChI=1S/C57H60F2N10O11/c1-4-39-43(58)12-8-33-22-38(71)23-41(47(33)39)50-49(59)51-42(25-62-50)52(67-27-34-9-10-35(28-67)63-34)66-55(65-51)80-31-57-16-14-37(68(57)26-32(2)24-57)30-79-56(76)61-17-19-78-21-20-77-18-15-46(73)64-44-7-5-6-40-48(44)54(75)69(53(40)74)36(29-70)11-13-45(72)60-3/h1,5-8,12,22-23,25,29,34-37,63,71H,2,9-11,13-21,24,26-28,30-31H2,3H3,(H,60,72)(H,61,76)(H,64,73). The molecule has 5 atom stereocenters. The number of halogens is 2. The molecule has 4 saturated heterocycles. The summed E-state index contributed by atoms with van der Waals surface area (Å²) in [4.78, 5) is 94.9. The lowest BCUT2D eigenvalue weighted by molar-refractivity contribution is -0.121. The number of aromatic hydroxyl groups is 1. The third-order valence-electron chi connectivity index (χ3n) is 15.5. The SMILES string of the molecule is C#Cc1c(F)ccc2cc(O)cc(-c3ncc4c(N5CC6CCC(C5)N6)nc(OCC56CCC(COC(=O)NCCOCCOCCC(=O)Nc7cccc8c7C(=O)N(C(C=O)CCC(=O)NC)C8=O)N5CC(=C)C6)nc4c3F)c12. The Labute approximate surface area is 458 Å². The molecule has 5 aromatic rings. The Kier molecular flexibility index (Phi) is 16.3. The molecule has 5 amide bonds. The van der Waals surface area contributed by atoms with Gasteiger partial charge >= 0.3 is 12.1 Å². The van der Waals surface area contributed by atoms with Gasteiger partial charge in [-0.2, -0.15) is 9.97 Å². The van der Waals surface area contributed by atoms with Crippen molar-refractivity contribution in [3.8, 4) is 35.4 Å². The number of fused-ring (bicyclic) bond motifs is 6. The van der Waals surface area contributed by atoms with Crippen LogP contribution in [0.4, 0.5) is 25.1 Å². The van der Waals surface area contributed by atoms with Gasteiger partial charge in [0.1, 0.15) is 48.1 Å². The van der Waals surface area contributed by atoms with E-state index in [1.165, 1.54) is 55.7 Å². The van der Waals surface area contributed by atoms with Crippen LogP contribution in [-0.4, -0.2) is 168 Å². The maximum atomic E-state index is 17.2. The number of rotatable bonds is 22. The molecule has 23 heteroatoms. The highest BCUT2D eigenvalue weighted by atomic mass is 19.1. The summed E-state index contributed by atoms with van der Waals surface area (Å²) in [6.07, 6.45) is 10.9. The van der Waals surface area contributed by atoms with Crippen LogP contribution in [0.2, 0.25) is 0 Å². The quantitative estimate of drug-likeness (QED) is 0.0206. The molecular weight excluding hydrogens is 1040 g/mol. The first-order valence-electron chi connectivity index (χ1n) is 26.6. The fourth-order valence-electron chi connectivity index (χ4n) is 11.7. The number of benzene rings is 3. The molecule has 0 saturated carbocycles. The highest BCUT2D eigenvalue weighted by Gasteiger charge is 2.52. The highest BCUT2D eigenvalue weighted by molar-refractivity contribution is 6.25. The fraction of sp³-hybridized carbons (Fsp3) is 0.421. The Bertz CT molecular complexity index is 3350. The lowest BCUT2D eigenvalue weighted by atomic mass is 9.94. The van der Waals surface area contributed by atoms with Gasteiger partial charge in [-0.25, -0.2) is 13.6 Å². The minimum Gasteiger partial charge on any atom is -0.508 e. The van der Waals surface area contributed by atoms with Crippen molar-refractivity contribution in [2.75, 3.05) is 83.1 Å². The van der Waals surface area contributed by atoms with E-state index in [0.29, 0.717) is 61.8 Å². The molecule has 21 nitrogen and oxygen atoms in total. The number of phenolic OH excluding ortho intramolecular Hbond substituents is 1. The monoisotopic (exact) mass is 1100 g/mol. The molecule has 5 aliphatic rings. The number of ether oxygens (including phenoxy) is 4. The summed E-state index contributed by atoms with van der Waals surface area (Å²) in [6, 6.07) is 8.92. The van der Waals surface area contributed by atoms with Crippen LogP contribution in [0.25, 0.3) is 32.9 Å². The predicted octanol–water partition coefficient (Wildman–Crippen LogP) is 4.77. The van der Waals surface area contributed by atoms with Crippen molar-refractivity contribution >= 4 is 69.2 Å². The number of carbonyl (C=O) groups excluding carboxylic acids is 6. The average molecular weight is 1100 g/mol. The molecule has 0 spiro atoms. The first kappa shape index (κ1) is 55.2. The third kappa shape index (κ3) is 11.2. The molecule has 2 bridgehead atoms. The first-order valence-corrected chi connectivity index (χ1v) is 26.6. The predicted molar refractivity (Wildman–Crippen MR) is 288 cm³/mol. The zero-order valence-electron chi connectivity index (χ0n) is 44.0. The summed E-state index contributed by atoms with van der Waals surface area (Å²) in [5, 5.41) is 23.1. The molecule has 0 aliphatic carbocycles. The summed E-state index contributed by atoms with van der Waals surface area (Å²) < 4.78 is 55.6. The number of aromatic nitrogens is 3. The topological polar surface area (TPSA) is 256 Å². The molecule has 80 heavy (non-hydrogen) atoms. The van der Waals surface area contributed by atoms with Crippen molar-refractivity contribution in [3.63, 3.8) is 0 Å². The van der Waals surface area contributed by atoms with Crippen LogP contribution in [0.5, 0.6) is 11.8 Å². The van der Waals surface area contributed by atoms with Gasteiger partial charge in [-0.15, -0.1) is 6.42 Å². The van der Waals surface area contributed by atoms with Crippen LogP contribution in [0.3, 0.4) is 0 Å². The molecule has 10 rings (SSSR count). The molecule has 4 fully saturated rings. The number of alkyl carbamates (subject to hydrolysis) is 1. The Hall–Kier alpha value is -8.17. The summed E-state index contributed by atoms with van der Waals surface area (Å²) in [5.41, 5.74) is 0.336. The Morgan fingerprint density at radius 3 is 2.55 bits per heavy atom. The number of amides is 5. The van der Waals surface area contributed by atoms with E-state index in [2.05, 4.69) is 53.5 Å². The second-order valence-electron chi connectivity index (χ2n) is 20.6. The first-order chi connectivity index (χ1) is 38.7. The maximum Gasteiger partial charge on any atom is 0.407 e. The number of pyridine rings is 1. The summed E-state index contributed by atoms with van der Waals surface area (Å²) in [6.45, 7) is 6.98. The van der Waals surface area contributed by atoms with Crippen molar-refractivity contribution in [1.82, 2.24) is 40.7 Å². The van der Waals surface area contributed by atoms with Crippen LogP contribution in [-0.2, 0) is 28.6 Å². The molecular formula is C57H60F2N10O11. The zero-order valence-corrected chi connectivity index (χ0v) is 44.0. The van der Waals surface area contributed by atoms with Gasteiger partial charge in [0, 0.05) is 74.9 Å². The minimum atomic E-state index is -1.15. The second-order valence-corrected chi connectivity index (χ2v) is 20.6. The number of hydrogen-bond donors (Lipinski definition) is 5. The summed E-state index contributed by atoms with van der Waals surface area (Å²) in [7, 11) is 1.44. The van der Waals surface area contributed by atoms with Gasteiger partial charge < -0.3 is 55.0 Å². The van der Waals surface area contributed by atoms with E-state index in [-0.39, 0.29) is 146 Å². The summed E-state index contributed by atoms with van der Waals surface area (Å²) in [5.74, 6) is -1.08. The number of nitrogens with one attached hydrogen (secondary N) is 4. The van der Waals surface area contributed by atoms with Gasteiger partial charge in [0.05, 0.1) is 72.2 Å². The van der Waals surface area contributed by atoms with Crippen LogP contribution >= 0.6 is 0 Å². The number of aldehydes is 1. The van der Waals surface area contributed by atoms with Crippen LogP contribution in [0.15, 0.2) is 60.8 Å². The number of anilines is 2. The molecule has 5 N–H and O–H groups in total. The van der Waals surface area contributed by atoms with Crippen LogP contribution in [0.1, 0.15) is 77.6 Å². The lowest BCUT2D eigenvalue weighted by Crippen LogP contribution is -2.51. The van der Waals surface area contributed by atoms with Crippen LogP contribution in [0, 0.1) is 24.0 Å². The zero-order chi connectivity index (χ0) is 56.2. The number of hydrogen-bond acceptors (Lipinski definition) is 17. The molecule has 2 aromatic heterocycles. The van der Waals surface area contributed by atoms with E-state index in [0.717, 1.165) is 23.3 Å².